The Kier molecular flexibility index (Phi) is 6.53. The number of para-hydroxylation sites is 1. The van der Waals surface area contributed by atoms with Crippen molar-refractivity contribution in [3.05, 3.63) is 74.3 Å². The summed E-state index contributed by atoms with van der Waals surface area (Å²) in [6.07, 6.45) is 0.878. The first-order valence-electron chi connectivity index (χ1n) is 8.10. The van der Waals surface area contributed by atoms with Crippen LogP contribution in [0.2, 0.25) is 5.02 Å². The Labute approximate surface area is 151 Å². The lowest BCUT2D eigenvalue weighted by Crippen LogP contribution is -2.16. The van der Waals surface area contributed by atoms with Crippen molar-refractivity contribution >= 4 is 17.6 Å². The van der Waals surface area contributed by atoms with Crippen molar-refractivity contribution < 1.29 is 14.5 Å². The quantitative estimate of drug-likeness (QED) is 0.304. The molecule has 2 rings (SSSR count). The van der Waals surface area contributed by atoms with Gasteiger partial charge in [-0.05, 0) is 36.6 Å². The SMILES string of the molecule is CCc1ccc(C(CCC(=O)Oc2ccccc2Cl)[N+](=O)[O-])c(C)c1. The zero-order valence-electron chi connectivity index (χ0n) is 14.2. The fraction of sp³-hybridized carbons (Fsp3) is 0.316. The van der Waals surface area contributed by atoms with Crippen LogP contribution in [-0.4, -0.2) is 10.9 Å². The molecular formula is C19H20ClNO4. The number of carbonyl (C=O) groups excluding carboxylic acids is 1. The first-order valence-corrected chi connectivity index (χ1v) is 8.48. The fourth-order valence-electron chi connectivity index (χ4n) is 2.66. The number of rotatable bonds is 7. The largest absolute Gasteiger partial charge is 0.425 e. The summed E-state index contributed by atoms with van der Waals surface area (Å²) in [4.78, 5) is 23.1. The number of ether oxygens (including phenoxy) is 1. The Hall–Kier alpha value is -2.40. The molecule has 5 nitrogen and oxygen atoms in total. The molecular weight excluding hydrogens is 342 g/mol. The summed E-state index contributed by atoms with van der Waals surface area (Å²) in [6.45, 7) is 3.89. The van der Waals surface area contributed by atoms with Crippen molar-refractivity contribution in [1.29, 1.82) is 0 Å². The molecule has 0 radical (unpaired) electrons. The van der Waals surface area contributed by atoms with E-state index in [-0.39, 0.29) is 23.5 Å². The van der Waals surface area contributed by atoms with Gasteiger partial charge in [0.25, 0.3) is 0 Å². The third-order valence-corrected chi connectivity index (χ3v) is 4.35. The molecule has 25 heavy (non-hydrogen) atoms. The minimum atomic E-state index is -0.940. The first-order chi connectivity index (χ1) is 11.9. The molecule has 0 aliphatic rings. The van der Waals surface area contributed by atoms with Crippen LogP contribution in [0, 0.1) is 17.0 Å². The summed E-state index contributed by atoms with van der Waals surface area (Å²) < 4.78 is 5.18. The number of nitrogens with zero attached hydrogens (tertiary/aromatic N) is 1. The molecule has 0 aliphatic heterocycles. The maximum absolute atomic E-state index is 12.0. The number of hydrogen-bond acceptors (Lipinski definition) is 4. The Balaban J connectivity index is 2.06. The van der Waals surface area contributed by atoms with E-state index in [1.54, 1.807) is 30.3 Å². The van der Waals surface area contributed by atoms with Gasteiger partial charge in [-0.1, -0.05) is 48.9 Å². The van der Waals surface area contributed by atoms with Crippen LogP contribution in [-0.2, 0) is 11.2 Å². The molecule has 0 heterocycles. The van der Waals surface area contributed by atoms with E-state index in [1.807, 2.05) is 26.0 Å². The normalized spacial score (nSPS) is 11.8. The van der Waals surface area contributed by atoms with Crippen molar-refractivity contribution in [3.8, 4) is 5.75 Å². The van der Waals surface area contributed by atoms with Gasteiger partial charge in [-0.15, -0.1) is 0 Å². The highest BCUT2D eigenvalue weighted by molar-refractivity contribution is 6.32. The van der Waals surface area contributed by atoms with Gasteiger partial charge in [-0.3, -0.25) is 14.9 Å². The summed E-state index contributed by atoms with van der Waals surface area (Å²) >= 11 is 5.94. The number of esters is 1. The Morgan fingerprint density at radius 3 is 2.60 bits per heavy atom. The van der Waals surface area contributed by atoms with Crippen LogP contribution in [0.5, 0.6) is 5.75 Å². The van der Waals surface area contributed by atoms with Gasteiger partial charge in [0.2, 0.25) is 6.04 Å². The van der Waals surface area contributed by atoms with Crippen molar-refractivity contribution in [2.75, 3.05) is 0 Å². The number of benzene rings is 2. The maximum atomic E-state index is 12.0. The van der Waals surface area contributed by atoms with E-state index in [9.17, 15) is 14.9 Å². The molecule has 132 valence electrons. The molecule has 0 spiro atoms. The highest BCUT2D eigenvalue weighted by Crippen LogP contribution is 2.28. The molecule has 0 amide bonds. The molecule has 0 saturated heterocycles. The van der Waals surface area contributed by atoms with E-state index < -0.39 is 12.0 Å². The van der Waals surface area contributed by atoms with Crippen molar-refractivity contribution in [2.45, 2.75) is 39.2 Å². The molecule has 0 bridgehead atoms. The number of halogens is 1. The molecule has 1 atom stereocenters. The zero-order chi connectivity index (χ0) is 18.4. The van der Waals surface area contributed by atoms with E-state index in [0.717, 1.165) is 17.5 Å². The monoisotopic (exact) mass is 361 g/mol. The summed E-state index contributed by atoms with van der Waals surface area (Å²) in [6, 6.07) is 11.3. The topological polar surface area (TPSA) is 69.4 Å². The highest BCUT2D eigenvalue weighted by atomic mass is 35.5. The van der Waals surface area contributed by atoms with Crippen molar-refractivity contribution in [2.24, 2.45) is 0 Å². The second kappa shape index (κ2) is 8.62. The summed E-state index contributed by atoms with van der Waals surface area (Å²) in [5, 5.41) is 11.8. The molecule has 1 unspecified atom stereocenters. The van der Waals surface area contributed by atoms with Crippen LogP contribution >= 0.6 is 11.6 Å². The minimum Gasteiger partial charge on any atom is -0.425 e. The second-order valence-corrected chi connectivity index (χ2v) is 6.20. The summed E-state index contributed by atoms with van der Waals surface area (Å²) in [5.74, 6) is -0.280. The summed E-state index contributed by atoms with van der Waals surface area (Å²) in [5.41, 5.74) is 2.62. The van der Waals surface area contributed by atoms with Gasteiger partial charge in [0.15, 0.2) is 0 Å². The predicted molar refractivity (Wildman–Crippen MR) is 96.6 cm³/mol. The molecule has 2 aromatic rings. The summed E-state index contributed by atoms with van der Waals surface area (Å²) in [7, 11) is 0. The van der Waals surface area contributed by atoms with Gasteiger partial charge in [-0.25, -0.2) is 0 Å². The zero-order valence-corrected chi connectivity index (χ0v) is 15.0. The van der Waals surface area contributed by atoms with E-state index in [0.29, 0.717) is 10.6 Å². The number of aryl methyl sites for hydroxylation is 2. The number of carbonyl (C=O) groups is 1. The molecule has 6 heteroatoms. The average molecular weight is 362 g/mol. The van der Waals surface area contributed by atoms with Gasteiger partial charge in [0, 0.05) is 16.9 Å². The highest BCUT2D eigenvalue weighted by Gasteiger charge is 2.26. The van der Waals surface area contributed by atoms with Gasteiger partial charge in [0.05, 0.1) is 11.4 Å². The van der Waals surface area contributed by atoms with Gasteiger partial charge in [0.1, 0.15) is 5.75 Å². The van der Waals surface area contributed by atoms with Crippen LogP contribution in [0.25, 0.3) is 0 Å². The lowest BCUT2D eigenvalue weighted by Gasteiger charge is -2.13. The molecule has 0 fully saturated rings. The smallest absolute Gasteiger partial charge is 0.311 e. The number of nitro groups is 1. The Morgan fingerprint density at radius 1 is 1.28 bits per heavy atom. The third-order valence-electron chi connectivity index (χ3n) is 4.04. The van der Waals surface area contributed by atoms with E-state index in [2.05, 4.69) is 0 Å². The average Bonchev–Trinajstić information content (AvgIpc) is 2.58. The van der Waals surface area contributed by atoms with Gasteiger partial charge < -0.3 is 4.74 Å². The van der Waals surface area contributed by atoms with E-state index in [4.69, 9.17) is 16.3 Å². The van der Waals surface area contributed by atoms with Crippen LogP contribution in [0.15, 0.2) is 42.5 Å². The van der Waals surface area contributed by atoms with E-state index in [1.165, 1.54) is 0 Å². The molecule has 0 N–H and O–H groups in total. The standard InChI is InChI=1S/C19H20ClNO4/c1-3-14-8-9-15(13(2)12-14)17(21(23)24)10-11-19(22)25-18-7-5-4-6-16(18)20/h4-9,12,17H,3,10-11H2,1-2H3. The molecule has 0 aliphatic carbocycles. The van der Waals surface area contributed by atoms with Crippen LogP contribution in [0.1, 0.15) is 42.5 Å². The van der Waals surface area contributed by atoms with Crippen molar-refractivity contribution in [1.82, 2.24) is 0 Å². The van der Waals surface area contributed by atoms with Crippen LogP contribution < -0.4 is 4.74 Å². The predicted octanol–water partition coefficient (Wildman–Crippen LogP) is 4.91. The Bertz CT molecular complexity index is 776. The van der Waals surface area contributed by atoms with Gasteiger partial charge >= 0.3 is 5.97 Å². The van der Waals surface area contributed by atoms with Crippen molar-refractivity contribution in [3.63, 3.8) is 0 Å². The lowest BCUT2D eigenvalue weighted by atomic mass is 9.95. The second-order valence-electron chi connectivity index (χ2n) is 5.79. The first kappa shape index (κ1) is 18.9. The third kappa shape index (κ3) is 5.03. The minimum absolute atomic E-state index is 0.0637. The molecule has 2 aromatic carbocycles. The maximum Gasteiger partial charge on any atom is 0.311 e. The fourth-order valence-corrected chi connectivity index (χ4v) is 2.84. The van der Waals surface area contributed by atoms with E-state index >= 15 is 0 Å². The Morgan fingerprint density at radius 2 is 2.00 bits per heavy atom. The van der Waals surface area contributed by atoms with Crippen LogP contribution in [0.3, 0.4) is 0 Å². The lowest BCUT2D eigenvalue weighted by molar-refractivity contribution is -0.530. The molecule has 0 aromatic heterocycles. The van der Waals surface area contributed by atoms with Crippen LogP contribution in [0.4, 0.5) is 0 Å². The number of hydrogen-bond donors (Lipinski definition) is 0. The molecule has 0 saturated carbocycles. The van der Waals surface area contributed by atoms with Gasteiger partial charge in [-0.2, -0.15) is 0 Å².